The largest absolute Gasteiger partial charge is 0.493 e. The van der Waals surface area contributed by atoms with Crippen molar-refractivity contribution in [3.63, 3.8) is 0 Å². The van der Waals surface area contributed by atoms with E-state index in [0.29, 0.717) is 11.5 Å². The summed E-state index contributed by atoms with van der Waals surface area (Å²) in [5, 5.41) is 10.8. The van der Waals surface area contributed by atoms with Crippen LogP contribution < -0.4 is 19.7 Å². The monoisotopic (exact) mass is 445 g/mol. The number of fused-ring (bicyclic) bond motifs is 1. The lowest BCUT2D eigenvalue weighted by Gasteiger charge is -2.20. The van der Waals surface area contributed by atoms with Gasteiger partial charge in [0.05, 0.1) is 25.6 Å². The molecule has 0 aliphatic carbocycles. The molecule has 2 aromatic rings. The molecule has 0 aromatic heterocycles. The quantitative estimate of drug-likeness (QED) is 0.680. The summed E-state index contributed by atoms with van der Waals surface area (Å²) in [6.45, 7) is -0.501. The first-order chi connectivity index (χ1) is 15.3. The number of hydrogen-bond acceptors (Lipinski definition) is 8. The van der Waals surface area contributed by atoms with Crippen molar-refractivity contribution in [3.8, 4) is 11.5 Å². The molecule has 4 rings (SSSR count). The summed E-state index contributed by atoms with van der Waals surface area (Å²) in [6.07, 6.45) is 0. The zero-order valence-corrected chi connectivity index (χ0v) is 16.9. The Morgan fingerprint density at radius 3 is 2.53 bits per heavy atom. The summed E-state index contributed by atoms with van der Waals surface area (Å²) in [5.41, 5.74) is -0.114. The van der Waals surface area contributed by atoms with Gasteiger partial charge in [-0.05, 0) is 24.3 Å². The molecule has 0 bridgehead atoms. The van der Waals surface area contributed by atoms with E-state index in [1.54, 1.807) is 6.07 Å². The Kier molecular flexibility index (Phi) is 5.43. The summed E-state index contributed by atoms with van der Waals surface area (Å²) < 4.78 is 37.4. The zero-order chi connectivity index (χ0) is 23.0. The number of anilines is 2. The van der Waals surface area contributed by atoms with Crippen LogP contribution >= 0.6 is 0 Å². The lowest BCUT2D eigenvalue weighted by molar-refractivity contribution is -0.123. The molecule has 166 valence electrons. The molecular formula is C20H17F2N5O5. The first kappa shape index (κ1) is 21.2. The van der Waals surface area contributed by atoms with E-state index < -0.39 is 48.0 Å². The lowest BCUT2D eigenvalue weighted by atomic mass is 10.1. The number of amides is 3. The van der Waals surface area contributed by atoms with E-state index in [2.05, 4.69) is 15.7 Å². The van der Waals surface area contributed by atoms with Crippen molar-refractivity contribution >= 4 is 29.1 Å². The van der Waals surface area contributed by atoms with Crippen LogP contribution in [0.25, 0.3) is 0 Å². The van der Waals surface area contributed by atoms with E-state index in [9.17, 15) is 23.2 Å². The van der Waals surface area contributed by atoms with E-state index in [0.717, 1.165) is 28.1 Å². The van der Waals surface area contributed by atoms with Crippen LogP contribution in [0.1, 0.15) is 0 Å². The van der Waals surface area contributed by atoms with E-state index in [-0.39, 0.29) is 11.4 Å². The average molecular weight is 445 g/mol. The Labute approximate surface area is 180 Å². The van der Waals surface area contributed by atoms with E-state index in [1.165, 1.54) is 26.4 Å². The van der Waals surface area contributed by atoms with Gasteiger partial charge in [0.15, 0.2) is 23.6 Å². The van der Waals surface area contributed by atoms with Gasteiger partial charge in [-0.2, -0.15) is 5.11 Å². The molecule has 3 amide bonds. The molecule has 2 aliphatic heterocycles. The van der Waals surface area contributed by atoms with E-state index in [1.807, 2.05) is 0 Å². The van der Waals surface area contributed by atoms with Gasteiger partial charge in [0.25, 0.3) is 11.8 Å². The predicted molar refractivity (Wildman–Crippen MR) is 106 cm³/mol. The molecule has 2 atom stereocenters. The Morgan fingerprint density at radius 2 is 1.81 bits per heavy atom. The Bertz CT molecular complexity index is 1140. The van der Waals surface area contributed by atoms with Crippen molar-refractivity contribution < 1.29 is 32.6 Å². The first-order valence-corrected chi connectivity index (χ1v) is 9.36. The second-order valence-electron chi connectivity index (χ2n) is 6.92. The molecule has 0 saturated carbocycles. The van der Waals surface area contributed by atoms with Crippen LogP contribution in [0, 0.1) is 11.6 Å². The summed E-state index contributed by atoms with van der Waals surface area (Å²) in [7, 11) is 2.87. The van der Waals surface area contributed by atoms with Crippen molar-refractivity contribution in [2.45, 2.75) is 12.1 Å². The van der Waals surface area contributed by atoms with Gasteiger partial charge in [0, 0.05) is 12.1 Å². The highest BCUT2D eigenvalue weighted by molar-refractivity contribution is 6.25. The Balaban J connectivity index is 1.52. The number of ether oxygens (including phenoxy) is 2. The van der Waals surface area contributed by atoms with Gasteiger partial charge in [-0.1, -0.05) is 5.22 Å². The van der Waals surface area contributed by atoms with Crippen LogP contribution in [0.2, 0.25) is 0 Å². The number of carbonyl (C=O) groups excluding carboxylic acids is 3. The average Bonchev–Trinajstić information content (AvgIpc) is 3.29. The maximum atomic E-state index is 13.8. The zero-order valence-electron chi connectivity index (χ0n) is 16.9. The van der Waals surface area contributed by atoms with Crippen LogP contribution in [0.15, 0.2) is 46.7 Å². The first-order valence-electron chi connectivity index (χ1n) is 9.36. The van der Waals surface area contributed by atoms with Crippen molar-refractivity contribution in [2.75, 3.05) is 31.0 Å². The second kappa shape index (κ2) is 8.21. The predicted octanol–water partition coefficient (Wildman–Crippen LogP) is 1.91. The van der Waals surface area contributed by atoms with Crippen LogP contribution in [0.4, 0.5) is 20.2 Å². The lowest BCUT2D eigenvalue weighted by Crippen LogP contribution is -2.43. The standard InChI is InChI=1S/C20H17F2N5O5/c1-31-14-6-4-11(8-15(14)32-2)27-19(29)17-18(20(27)30)26(25-24-17)9-16(28)23-13-7-10(21)3-5-12(13)22/h3-8,17-18H,9H2,1-2H3,(H,23,28)/t17-,18-/m1/s1. The number of imide groups is 1. The number of carbonyl (C=O) groups is 3. The Hall–Kier alpha value is -4.09. The highest BCUT2D eigenvalue weighted by Crippen LogP contribution is 2.36. The molecule has 0 spiro atoms. The number of benzene rings is 2. The van der Waals surface area contributed by atoms with Crippen molar-refractivity contribution in [3.05, 3.63) is 48.0 Å². The maximum Gasteiger partial charge on any atom is 0.263 e. The summed E-state index contributed by atoms with van der Waals surface area (Å²) in [4.78, 5) is 39.1. The van der Waals surface area contributed by atoms with Gasteiger partial charge >= 0.3 is 0 Å². The van der Waals surface area contributed by atoms with Crippen LogP contribution in [0.5, 0.6) is 11.5 Å². The normalized spacial score (nSPS) is 19.4. The highest BCUT2D eigenvalue weighted by Gasteiger charge is 2.55. The molecule has 12 heteroatoms. The number of rotatable bonds is 6. The summed E-state index contributed by atoms with van der Waals surface area (Å²) in [5.74, 6) is -2.84. The molecule has 1 N–H and O–H groups in total. The smallest absolute Gasteiger partial charge is 0.263 e. The minimum absolute atomic E-state index is 0.244. The SMILES string of the molecule is COc1ccc(N2C(=O)[C@@H]3N=NN(CC(=O)Nc4cc(F)ccc4F)[C@H]3C2=O)cc1OC. The highest BCUT2D eigenvalue weighted by atomic mass is 19.1. The van der Waals surface area contributed by atoms with Crippen LogP contribution in [-0.4, -0.2) is 55.6 Å². The van der Waals surface area contributed by atoms with Crippen molar-refractivity contribution in [2.24, 2.45) is 10.3 Å². The number of hydrogen-bond donors (Lipinski definition) is 1. The van der Waals surface area contributed by atoms with Gasteiger partial charge < -0.3 is 14.8 Å². The third-order valence-corrected chi connectivity index (χ3v) is 4.99. The topological polar surface area (TPSA) is 113 Å². The Morgan fingerprint density at radius 1 is 1.06 bits per heavy atom. The van der Waals surface area contributed by atoms with Crippen molar-refractivity contribution in [1.29, 1.82) is 0 Å². The molecule has 2 heterocycles. The van der Waals surface area contributed by atoms with Crippen LogP contribution in [0.3, 0.4) is 0 Å². The number of halogens is 2. The molecule has 0 radical (unpaired) electrons. The fourth-order valence-electron chi connectivity index (χ4n) is 3.50. The minimum Gasteiger partial charge on any atom is -0.493 e. The molecule has 1 saturated heterocycles. The fraction of sp³-hybridized carbons (Fsp3) is 0.250. The van der Waals surface area contributed by atoms with Gasteiger partial charge in [0.2, 0.25) is 5.91 Å². The van der Waals surface area contributed by atoms with E-state index >= 15 is 0 Å². The van der Waals surface area contributed by atoms with E-state index in [4.69, 9.17) is 9.47 Å². The maximum absolute atomic E-state index is 13.8. The number of nitrogens with one attached hydrogen (secondary N) is 1. The summed E-state index contributed by atoms with van der Waals surface area (Å²) in [6, 6.07) is 4.86. The van der Waals surface area contributed by atoms with Crippen LogP contribution in [-0.2, 0) is 14.4 Å². The molecule has 1 fully saturated rings. The molecule has 0 unspecified atom stereocenters. The second-order valence-corrected chi connectivity index (χ2v) is 6.92. The van der Waals surface area contributed by atoms with Gasteiger partial charge in [0.1, 0.15) is 18.2 Å². The molecule has 32 heavy (non-hydrogen) atoms. The van der Waals surface area contributed by atoms with Gasteiger partial charge in [-0.25, -0.2) is 13.7 Å². The molecular weight excluding hydrogens is 428 g/mol. The molecule has 2 aromatic carbocycles. The molecule has 10 nitrogen and oxygen atoms in total. The third kappa shape index (κ3) is 3.59. The minimum atomic E-state index is -1.14. The summed E-state index contributed by atoms with van der Waals surface area (Å²) >= 11 is 0. The molecule has 2 aliphatic rings. The third-order valence-electron chi connectivity index (χ3n) is 4.99. The van der Waals surface area contributed by atoms with Crippen molar-refractivity contribution in [1.82, 2.24) is 5.01 Å². The number of nitrogens with zero attached hydrogens (tertiary/aromatic N) is 4. The fourth-order valence-corrected chi connectivity index (χ4v) is 3.50. The van der Waals surface area contributed by atoms with Gasteiger partial charge in [-0.15, -0.1) is 0 Å². The van der Waals surface area contributed by atoms with Gasteiger partial charge in [-0.3, -0.25) is 19.4 Å². The number of methoxy groups -OCH3 is 2.